The van der Waals surface area contributed by atoms with Crippen LogP contribution in [0.5, 0.6) is 0 Å². The Hall–Kier alpha value is -1.95. The Morgan fingerprint density at radius 1 is 1.50 bits per heavy atom. The minimum Gasteiger partial charge on any atom is -0.339 e. The Morgan fingerprint density at radius 3 is 3.20 bits per heavy atom. The summed E-state index contributed by atoms with van der Waals surface area (Å²) in [5.41, 5.74) is 2.25. The maximum atomic E-state index is 11.3. The number of rotatable bonds is 4. The van der Waals surface area contributed by atoms with Crippen LogP contribution >= 0.6 is 0 Å². The molecule has 2 N–H and O–H groups in total. The molecule has 2 heterocycles. The van der Waals surface area contributed by atoms with E-state index in [0.29, 0.717) is 17.8 Å². The maximum absolute atomic E-state index is 11.3. The molecule has 0 radical (unpaired) electrons. The highest BCUT2D eigenvalue weighted by molar-refractivity contribution is 5.26. The molecule has 2 aromatic rings. The van der Waals surface area contributed by atoms with Gasteiger partial charge in [-0.25, -0.2) is 0 Å². The van der Waals surface area contributed by atoms with E-state index in [2.05, 4.69) is 20.4 Å². The van der Waals surface area contributed by atoms with E-state index in [0.717, 1.165) is 37.9 Å². The molecule has 0 saturated carbocycles. The molecule has 0 spiro atoms. The first-order valence-electron chi connectivity index (χ1n) is 6.97. The number of nitrogens with one attached hydrogen (secondary N) is 2. The number of hydrogen-bond acceptors (Lipinski definition) is 5. The van der Waals surface area contributed by atoms with E-state index in [9.17, 15) is 4.79 Å². The summed E-state index contributed by atoms with van der Waals surface area (Å²) in [6.07, 6.45) is 3.84. The van der Waals surface area contributed by atoms with Crippen molar-refractivity contribution < 1.29 is 4.52 Å². The summed E-state index contributed by atoms with van der Waals surface area (Å²) in [6, 6.07) is 3.82. The van der Waals surface area contributed by atoms with Crippen molar-refractivity contribution in [2.45, 2.75) is 38.6 Å². The van der Waals surface area contributed by atoms with E-state index in [1.807, 2.05) is 13.0 Å². The Balaban J connectivity index is 1.63. The van der Waals surface area contributed by atoms with Gasteiger partial charge in [-0.05, 0) is 31.7 Å². The number of hydrogen-bond donors (Lipinski definition) is 2. The molecule has 6 nitrogen and oxygen atoms in total. The second-order valence-electron chi connectivity index (χ2n) is 5.14. The van der Waals surface area contributed by atoms with Crippen molar-refractivity contribution >= 4 is 0 Å². The lowest BCUT2D eigenvalue weighted by Crippen LogP contribution is -2.28. The molecule has 0 fully saturated rings. The van der Waals surface area contributed by atoms with E-state index in [1.54, 1.807) is 6.07 Å². The van der Waals surface area contributed by atoms with E-state index in [4.69, 9.17) is 4.52 Å². The first-order valence-corrected chi connectivity index (χ1v) is 6.97. The predicted molar refractivity (Wildman–Crippen MR) is 73.5 cm³/mol. The number of fused-ring (bicyclic) bond motifs is 1. The summed E-state index contributed by atoms with van der Waals surface area (Å²) in [7, 11) is 0. The zero-order chi connectivity index (χ0) is 13.9. The van der Waals surface area contributed by atoms with Crippen LogP contribution in [0.1, 0.15) is 41.9 Å². The minimum absolute atomic E-state index is 0.0225. The topological polar surface area (TPSA) is 83.8 Å². The van der Waals surface area contributed by atoms with Crippen LogP contribution in [0.25, 0.3) is 0 Å². The molecule has 3 rings (SSSR count). The average molecular weight is 274 g/mol. The van der Waals surface area contributed by atoms with Crippen LogP contribution < -0.4 is 10.9 Å². The maximum Gasteiger partial charge on any atom is 0.248 e. The monoisotopic (exact) mass is 274 g/mol. The summed E-state index contributed by atoms with van der Waals surface area (Å²) in [6.45, 7) is 2.60. The highest BCUT2D eigenvalue weighted by atomic mass is 16.5. The van der Waals surface area contributed by atoms with Crippen LogP contribution in [-0.4, -0.2) is 21.7 Å². The molecule has 0 bridgehead atoms. The predicted octanol–water partition coefficient (Wildman–Crippen LogP) is 1.28. The van der Waals surface area contributed by atoms with Crippen LogP contribution in [0.2, 0.25) is 0 Å². The lowest BCUT2D eigenvalue weighted by molar-refractivity contribution is 0.365. The first-order chi connectivity index (χ1) is 9.72. The molecule has 6 heteroatoms. The third kappa shape index (κ3) is 2.80. The lowest BCUT2D eigenvalue weighted by Gasteiger charge is -2.25. The fraction of sp³-hybridized carbons (Fsp3) is 0.500. The molecule has 1 unspecified atom stereocenters. The largest absolute Gasteiger partial charge is 0.339 e. The second kappa shape index (κ2) is 5.58. The zero-order valence-corrected chi connectivity index (χ0v) is 11.5. The van der Waals surface area contributed by atoms with Gasteiger partial charge in [-0.1, -0.05) is 11.2 Å². The Kier molecular flexibility index (Phi) is 3.64. The van der Waals surface area contributed by atoms with E-state index in [-0.39, 0.29) is 5.56 Å². The van der Waals surface area contributed by atoms with Crippen LogP contribution in [0.15, 0.2) is 21.5 Å². The van der Waals surface area contributed by atoms with Crippen LogP contribution in [0.4, 0.5) is 0 Å². The van der Waals surface area contributed by atoms with Gasteiger partial charge in [-0.15, -0.1) is 0 Å². The third-order valence-electron chi connectivity index (χ3n) is 3.63. The van der Waals surface area contributed by atoms with Crippen LogP contribution in [0, 0.1) is 6.92 Å². The molecule has 1 atom stereocenters. The summed E-state index contributed by atoms with van der Waals surface area (Å²) in [5, 5.41) is 7.28. The van der Waals surface area contributed by atoms with Gasteiger partial charge in [0.15, 0.2) is 5.82 Å². The number of aromatic nitrogens is 3. The fourth-order valence-corrected chi connectivity index (χ4v) is 2.71. The molecule has 20 heavy (non-hydrogen) atoms. The van der Waals surface area contributed by atoms with Crippen molar-refractivity contribution in [2.24, 2.45) is 0 Å². The Labute approximate surface area is 116 Å². The number of pyridine rings is 1. The van der Waals surface area contributed by atoms with Crippen molar-refractivity contribution in [3.05, 3.63) is 45.5 Å². The summed E-state index contributed by atoms with van der Waals surface area (Å²) in [4.78, 5) is 18.5. The molecule has 0 aliphatic heterocycles. The Bertz CT molecular complexity index is 647. The number of aryl methyl sites for hydroxylation is 2. The normalized spacial score (nSPS) is 17.9. The molecular formula is C14H18N4O2. The molecule has 0 saturated heterocycles. The van der Waals surface area contributed by atoms with Crippen molar-refractivity contribution in [1.82, 2.24) is 20.4 Å². The van der Waals surface area contributed by atoms with Gasteiger partial charge in [0.2, 0.25) is 11.4 Å². The molecule has 0 amide bonds. The number of H-pyrrole nitrogens is 1. The Morgan fingerprint density at radius 2 is 2.40 bits per heavy atom. The summed E-state index contributed by atoms with van der Waals surface area (Å²) < 4.78 is 5.09. The van der Waals surface area contributed by atoms with E-state index >= 15 is 0 Å². The number of aromatic amines is 1. The molecular weight excluding hydrogens is 256 g/mol. The molecule has 1 aliphatic rings. The number of nitrogens with zero attached hydrogens (tertiary/aromatic N) is 2. The van der Waals surface area contributed by atoms with Gasteiger partial charge in [-0.3, -0.25) is 4.79 Å². The molecule has 2 aromatic heterocycles. The fourth-order valence-electron chi connectivity index (χ4n) is 2.71. The van der Waals surface area contributed by atoms with Gasteiger partial charge in [-0.2, -0.15) is 4.98 Å². The molecule has 1 aliphatic carbocycles. The summed E-state index contributed by atoms with van der Waals surface area (Å²) in [5.74, 6) is 1.33. The van der Waals surface area contributed by atoms with Crippen molar-refractivity contribution in [3.8, 4) is 0 Å². The van der Waals surface area contributed by atoms with E-state index < -0.39 is 0 Å². The third-order valence-corrected chi connectivity index (χ3v) is 3.63. The van der Waals surface area contributed by atoms with Gasteiger partial charge in [0.05, 0.1) is 0 Å². The standard InChI is InChI=1S/C14H18N4O2/c1-9-16-14(20-18-9)7-8-15-11-3-2-4-12-10(11)5-6-13(19)17-12/h5-6,11,15H,2-4,7-8H2,1H3,(H,17,19). The van der Waals surface area contributed by atoms with Crippen molar-refractivity contribution in [2.75, 3.05) is 6.54 Å². The van der Waals surface area contributed by atoms with E-state index in [1.165, 1.54) is 5.56 Å². The van der Waals surface area contributed by atoms with Crippen molar-refractivity contribution in [1.29, 1.82) is 0 Å². The lowest BCUT2D eigenvalue weighted by atomic mass is 9.91. The first kappa shape index (κ1) is 13.1. The smallest absolute Gasteiger partial charge is 0.248 e. The van der Waals surface area contributed by atoms with Gasteiger partial charge in [0.1, 0.15) is 0 Å². The van der Waals surface area contributed by atoms with Crippen LogP contribution in [0.3, 0.4) is 0 Å². The zero-order valence-electron chi connectivity index (χ0n) is 11.5. The highest BCUT2D eigenvalue weighted by Crippen LogP contribution is 2.27. The molecule has 106 valence electrons. The second-order valence-corrected chi connectivity index (χ2v) is 5.14. The van der Waals surface area contributed by atoms with Gasteiger partial charge in [0, 0.05) is 30.8 Å². The van der Waals surface area contributed by atoms with Gasteiger partial charge >= 0.3 is 0 Å². The quantitative estimate of drug-likeness (QED) is 0.877. The minimum atomic E-state index is -0.0225. The SMILES string of the molecule is Cc1noc(CCNC2CCCc3[nH]c(=O)ccc32)n1. The highest BCUT2D eigenvalue weighted by Gasteiger charge is 2.20. The summed E-state index contributed by atoms with van der Waals surface area (Å²) >= 11 is 0. The van der Waals surface area contributed by atoms with Crippen molar-refractivity contribution in [3.63, 3.8) is 0 Å². The average Bonchev–Trinajstić information content (AvgIpc) is 2.84. The van der Waals surface area contributed by atoms with Gasteiger partial charge < -0.3 is 14.8 Å². The molecule has 0 aromatic carbocycles. The van der Waals surface area contributed by atoms with Gasteiger partial charge in [0.25, 0.3) is 0 Å². The van der Waals surface area contributed by atoms with Crippen LogP contribution in [-0.2, 0) is 12.8 Å².